The van der Waals surface area contributed by atoms with Crippen molar-refractivity contribution in [3.05, 3.63) is 35.4 Å². The highest BCUT2D eigenvalue weighted by Crippen LogP contribution is 2.37. The first-order chi connectivity index (χ1) is 7.10. The van der Waals surface area contributed by atoms with E-state index in [1.165, 1.54) is 11.1 Å². The molecule has 2 rings (SSSR count). The van der Waals surface area contributed by atoms with Gasteiger partial charge in [-0.3, -0.25) is 0 Å². The van der Waals surface area contributed by atoms with Crippen molar-refractivity contribution in [3.63, 3.8) is 0 Å². The zero-order valence-electron chi connectivity index (χ0n) is 9.36. The third kappa shape index (κ3) is 2.37. The van der Waals surface area contributed by atoms with E-state index in [-0.39, 0.29) is 0 Å². The molecule has 1 aromatic carbocycles. The van der Waals surface area contributed by atoms with Crippen LogP contribution >= 0.6 is 11.8 Å². The molecule has 1 aliphatic rings. The van der Waals surface area contributed by atoms with Crippen molar-refractivity contribution < 1.29 is 5.11 Å². The van der Waals surface area contributed by atoms with Crippen LogP contribution in [0.2, 0.25) is 0 Å². The monoisotopic (exact) mass is 222 g/mol. The van der Waals surface area contributed by atoms with Gasteiger partial charge in [0.1, 0.15) is 0 Å². The molecule has 82 valence electrons. The Bertz CT molecular complexity index is 350. The lowest BCUT2D eigenvalue weighted by atomic mass is 9.89. The summed E-state index contributed by atoms with van der Waals surface area (Å²) in [6.07, 6.45) is 1.72. The van der Waals surface area contributed by atoms with Crippen LogP contribution in [0.1, 0.15) is 24.5 Å². The second-order valence-corrected chi connectivity index (χ2v) is 5.98. The van der Waals surface area contributed by atoms with E-state index in [1.54, 1.807) is 0 Å². The second-order valence-electron chi connectivity index (χ2n) is 4.53. The summed E-state index contributed by atoms with van der Waals surface area (Å²) in [6.45, 7) is 4.23. The fraction of sp³-hybridized carbons (Fsp3) is 0.538. The molecule has 2 unspecified atom stereocenters. The number of benzene rings is 1. The van der Waals surface area contributed by atoms with Crippen molar-refractivity contribution >= 4 is 11.8 Å². The van der Waals surface area contributed by atoms with E-state index < -0.39 is 5.60 Å². The summed E-state index contributed by atoms with van der Waals surface area (Å²) in [7, 11) is 0. The summed E-state index contributed by atoms with van der Waals surface area (Å²) < 4.78 is 0. The molecule has 0 radical (unpaired) electrons. The van der Waals surface area contributed by atoms with E-state index in [4.69, 9.17) is 0 Å². The maximum absolute atomic E-state index is 10.5. The van der Waals surface area contributed by atoms with Crippen molar-refractivity contribution in [2.24, 2.45) is 0 Å². The van der Waals surface area contributed by atoms with Crippen LogP contribution in [-0.4, -0.2) is 21.7 Å². The summed E-state index contributed by atoms with van der Waals surface area (Å²) in [4.78, 5) is 0. The average Bonchev–Trinajstić information content (AvgIpc) is 2.47. The van der Waals surface area contributed by atoms with Gasteiger partial charge in [-0.05, 0) is 24.7 Å². The van der Waals surface area contributed by atoms with Crippen LogP contribution in [0.25, 0.3) is 0 Å². The van der Waals surface area contributed by atoms with Crippen molar-refractivity contribution in [1.29, 1.82) is 0 Å². The Morgan fingerprint density at radius 2 is 2.33 bits per heavy atom. The predicted molar refractivity (Wildman–Crippen MR) is 66.4 cm³/mol. The van der Waals surface area contributed by atoms with Crippen LogP contribution in [0.5, 0.6) is 0 Å². The highest BCUT2D eigenvalue weighted by Gasteiger charge is 2.38. The molecule has 1 fully saturated rings. The minimum Gasteiger partial charge on any atom is -0.388 e. The molecule has 1 nitrogen and oxygen atoms in total. The third-order valence-electron chi connectivity index (χ3n) is 3.25. The fourth-order valence-electron chi connectivity index (χ4n) is 2.18. The Hall–Kier alpha value is -0.470. The molecule has 0 saturated carbocycles. The van der Waals surface area contributed by atoms with E-state index in [9.17, 15) is 5.11 Å². The number of rotatable bonds is 2. The molecule has 1 heterocycles. The van der Waals surface area contributed by atoms with Gasteiger partial charge in [-0.25, -0.2) is 0 Å². The summed E-state index contributed by atoms with van der Waals surface area (Å²) >= 11 is 1.88. The van der Waals surface area contributed by atoms with Gasteiger partial charge in [0.25, 0.3) is 0 Å². The standard InChI is InChI=1S/C13H18OS/c1-10-4-3-5-12(8-10)9-13(14)6-7-15-11(13)2/h3-5,8,11,14H,6-7,9H2,1-2H3. The average molecular weight is 222 g/mol. The van der Waals surface area contributed by atoms with Crippen molar-refractivity contribution in [2.75, 3.05) is 5.75 Å². The Morgan fingerprint density at radius 3 is 2.93 bits per heavy atom. The zero-order chi connectivity index (χ0) is 10.9. The predicted octanol–water partition coefficient (Wildman–Crippen LogP) is 2.79. The molecule has 1 saturated heterocycles. The molecule has 1 aliphatic heterocycles. The van der Waals surface area contributed by atoms with Crippen molar-refractivity contribution in [3.8, 4) is 0 Å². The van der Waals surface area contributed by atoms with E-state index in [0.717, 1.165) is 18.6 Å². The van der Waals surface area contributed by atoms with Crippen molar-refractivity contribution in [1.82, 2.24) is 0 Å². The highest BCUT2D eigenvalue weighted by molar-refractivity contribution is 8.00. The fourth-order valence-corrected chi connectivity index (χ4v) is 3.51. The number of aliphatic hydroxyl groups is 1. The van der Waals surface area contributed by atoms with Gasteiger partial charge in [-0.15, -0.1) is 0 Å². The molecule has 1 N–H and O–H groups in total. The van der Waals surface area contributed by atoms with Gasteiger partial charge < -0.3 is 5.11 Å². The minimum atomic E-state index is -0.488. The summed E-state index contributed by atoms with van der Waals surface area (Å²) in [5, 5.41) is 10.8. The second kappa shape index (κ2) is 4.18. The van der Waals surface area contributed by atoms with Gasteiger partial charge in [0.2, 0.25) is 0 Å². The molecular weight excluding hydrogens is 204 g/mol. The normalized spacial score (nSPS) is 30.7. The molecule has 0 amide bonds. The molecule has 0 bridgehead atoms. The molecule has 0 aliphatic carbocycles. The largest absolute Gasteiger partial charge is 0.388 e. The Kier molecular flexibility index (Phi) is 3.08. The number of hydrogen-bond acceptors (Lipinski definition) is 2. The van der Waals surface area contributed by atoms with E-state index in [2.05, 4.69) is 38.1 Å². The maximum Gasteiger partial charge on any atom is 0.0811 e. The van der Waals surface area contributed by atoms with Crippen LogP contribution in [-0.2, 0) is 6.42 Å². The highest BCUT2D eigenvalue weighted by atomic mass is 32.2. The van der Waals surface area contributed by atoms with Gasteiger partial charge >= 0.3 is 0 Å². The topological polar surface area (TPSA) is 20.2 Å². The van der Waals surface area contributed by atoms with Crippen molar-refractivity contribution in [2.45, 2.75) is 37.5 Å². The zero-order valence-corrected chi connectivity index (χ0v) is 10.2. The minimum absolute atomic E-state index is 0.359. The summed E-state index contributed by atoms with van der Waals surface area (Å²) in [6, 6.07) is 8.45. The quantitative estimate of drug-likeness (QED) is 0.830. The Labute approximate surface area is 95.9 Å². The number of hydrogen-bond donors (Lipinski definition) is 1. The van der Waals surface area contributed by atoms with E-state index in [1.807, 2.05) is 11.8 Å². The van der Waals surface area contributed by atoms with Gasteiger partial charge in [-0.1, -0.05) is 36.8 Å². The van der Waals surface area contributed by atoms with Crippen LogP contribution in [0, 0.1) is 6.92 Å². The van der Waals surface area contributed by atoms with Gasteiger partial charge in [-0.2, -0.15) is 11.8 Å². The molecule has 2 heteroatoms. The third-order valence-corrected chi connectivity index (χ3v) is 4.63. The lowest BCUT2D eigenvalue weighted by Crippen LogP contribution is -2.36. The first-order valence-corrected chi connectivity index (χ1v) is 6.54. The summed E-state index contributed by atoms with van der Waals surface area (Å²) in [5.74, 6) is 1.09. The number of aryl methyl sites for hydroxylation is 1. The SMILES string of the molecule is Cc1cccc(CC2(O)CCSC2C)c1. The molecule has 15 heavy (non-hydrogen) atoms. The smallest absolute Gasteiger partial charge is 0.0811 e. The lowest BCUT2D eigenvalue weighted by Gasteiger charge is -2.27. The molecule has 1 aromatic rings. The molecule has 0 aromatic heterocycles. The summed E-state index contributed by atoms with van der Waals surface area (Å²) in [5.41, 5.74) is 2.04. The number of thioether (sulfide) groups is 1. The van der Waals surface area contributed by atoms with Crippen LogP contribution < -0.4 is 0 Å². The van der Waals surface area contributed by atoms with E-state index in [0.29, 0.717) is 5.25 Å². The molecule has 2 atom stereocenters. The van der Waals surface area contributed by atoms with Gasteiger partial charge in [0, 0.05) is 11.7 Å². The lowest BCUT2D eigenvalue weighted by molar-refractivity contribution is 0.0464. The van der Waals surface area contributed by atoms with Crippen LogP contribution in [0.3, 0.4) is 0 Å². The van der Waals surface area contributed by atoms with Gasteiger partial charge in [0.15, 0.2) is 0 Å². The first-order valence-electron chi connectivity index (χ1n) is 5.50. The van der Waals surface area contributed by atoms with E-state index >= 15 is 0 Å². The molecule has 0 spiro atoms. The maximum atomic E-state index is 10.5. The Morgan fingerprint density at radius 1 is 1.53 bits per heavy atom. The van der Waals surface area contributed by atoms with Crippen LogP contribution in [0.4, 0.5) is 0 Å². The Balaban J connectivity index is 2.14. The van der Waals surface area contributed by atoms with Gasteiger partial charge in [0.05, 0.1) is 5.60 Å². The van der Waals surface area contributed by atoms with Crippen LogP contribution in [0.15, 0.2) is 24.3 Å². The molecular formula is C13H18OS. The first kappa shape index (κ1) is 11.0.